The average Bonchev–Trinajstić information content (AvgIpc) is 3.12. The molecule has 0 radical (unpaired) electrons. The molecule has 0 unspecified atom stereocenters. The molecule has 1 aliphatic rings. The summed E-state index contributed by atoms with van der Waals surface area (Å²) in [5, 5.41) is 0. The molecule has 2 aromatic rings. The number of carbonyl (C=O) groups is 1. The molecule has 6 heteroatoms. The lowest BCUT2D eigenvalue weighted by Crippen LogP contribution is -2.28. The summed E-state index contributed by atoms with van der Waals surface area (Å²) >= 11 is 0. The van der Waals surface area contributed by atoms with E-state index < -0.39 is 0 Å². The third-order valence-corrected chi connectivity index (χ3v) is 4.00. The van der Waals surface area contributed by atoms with E-state index in [1.54, 1.807) is 7.11 Å². The normalized spacial score (nSPS) is 14.8. The summed E-state index contributed by atoms with van der Waals surface area (Å²) in [6.07, 6.45) is 2.67. The van der Waals surface area contributed by atoms with Gasteiger partial charge in [0.15, 0.2) is 0 Å². The van der Waals surface area contributed by atoms with Crippen molar-refractivity contribution in [3.8, 4) is 5.75 Å². The standard InChI is InChI=1S/C15H20N4O2/c1-21-12-6-4-5-11-14(12)17-15(16)19(11)10-7-13(20)18-8-2-3-9-18/h4-6H,2-3,7-10H2,1H3,(H2,16,17). The van der Waals surface area contributed by atoms with Gasteiger partial charge in [0.05, 0.1) is 12.6 Å². The molecule has 2 heterocycles. The van der Waals surface area contributed by atoms with Crippen LogP contribution in [-0.4, -0.2) is 40.6 Å². The van der Waals surface area contributed by atoms with Crippen LogP contribution in [0.5, 0.6) is 5.75 Å². The van der Waals surface area contributed by atoms with Gasteiger partial charge < -0.3 is 19.9 Å². The minimum atomic E-state index is 0.191. The molecule has 1 aromatic carbocycles. The number of hydrogen-bond acceptors (Lipinski definition) is 4. The van der Waals surface area contributed by atoms with E-state index in [1.165, 1.54) is 0 Å². The fourth-order valence-electron chi connectivity index (χ4n) is 2.87. The van der Waals surface area contributed by atoms with Crippen LogP contribution in [0.2, 0.25) is 0 Å². The van der Waals surface area contributed by atoms with Gasteiger partial charge in [-0.05, 0) is 25.0 Å². The van der Waals surface area contributed by atoms with Gasteiger partial charge in [0.25, 0.3) is 0 Å². The summed E-state index contributed by atoms with van der Waals surface area (Å²) in [7, 11) is 1.61. The lowest BCUT2D eigenvalue weighted by Gasteiger charge is -2.15. The Kier molecular flexibility index (Phi) is 3.68. The second-order valence-electron chi connectivity index (χ2n) is 5.29. The Hall–Kier alpha value is -2.24. The van der Waals surface area contributed by atoms with Crippen molar-refractivity contribution in [1.82, 2.24) is 14.5 Å². The maximum Gasteiger partial charge on any atom is 0.224 e. The summed E-state index contributed by atoms with van der Waals surface area (Å²) in [6.45, 7) is 2.31. The van der Waals surface area contributed by atoms with E-state index in [0.717, 1.165) is 37.0 Å². The number of rotatable bonds is 4. The van der Waals surface area contributed by atoms with Gasteiger partial charge in [0, 0.05) is 26.1 Å². The molecule has 0 bridgehead atoms. The van der Waals surface area contributed by atoms with Crippen molar-refractivity contribution < 1.29 is 9.53 Å². The van der Waals surface area contributed by atoms with Crippen molar-refractivity contribution in [3.63, 3.8) is 0 Å². The molecule has 1 aromatic heterocycles. The highest BCUT2D eigenvalue weighted by Gasteiger charge is 2.19. The van der Waals surface area contributed by atoms with E-state index in [-0.39, 0.29) is 5.91 Å². The van der Waals surface area contributed by atoms with Crippen molar-refractivity contribution in [1.29, 1.82) is 0 Å². The molecule has 21 heavy (non-hydrogen) atoms. The second-order valence-corrected chi connectivity index (χ2v) is 5.29. The fraction of sp³-hybridized carbons (Fsp3) is 0.467. The van der Waals surface area contributed by atoms with E-state index in [0.29, 0.717) is 24.7 Å². The van der Waals surface area contributed by atoms with E-state index in [9.17, 15) is 4.79 Å². The maximum absolute atomic E-state index is 12.1. The van der Waals surface area contributed by atoms with Gasteiger partial charge in [-0.3, -0.25) is 4.79 Å². The minimum absolute atomic E-state index is 0.191. The second kappa shape index (κ2) is 5.63. The van der Waals surface area contributed by atoms with Gasteiger partial charge in [0.1, 0.15) is 11.3 Å². The van der Waals surface area contributed by atoms with E-state index in [1.807, 2.05) is 27.7 Å². The van der Waals surface area contributed by atoms with Crippen molar-refractivity contribution in [2.75, 3.05) is 25.9 Å². The van der Waals surface area contributed by atoms with Crippen LogP contribution in [0.1, 0.15) is 19.3 Å². The summed E-state index contributed by atoms with van der Waals surface area (Å²) in [4.78, 5) is 18.4. The summed E-state index contributed by atoms with van der Waals surface area (Å²) in [5.74, 6) is 1.31. The van der Waals surface area contributed by atoms with Crippen molar-refractivity contribution in [3.05, 3.63) is 18.2 Å². The highest BCUT2D eigenvalue weighted by molar-refractivity contribution is 5.84. The molecular weight excluding hydrogens is 268 g/mol. The molecule has 1 fully saturated rings. The van der Waals surface area contributed by atoms with Crippen molar-refractivity contribution in [2.24, 2.45) is 0 Å². The smallest absolute Gasteiger partial charge is 0.224 e. The van der Waals surface area contributed by atoms with Crippen LogP contribution >= 0.6 is 0 Å². The number of carbonyl (C=O) groups excluding carboxylic acids is 1. The van der Waals surface area contributed by atoms with Crippen LogP contribution in [0.15, 0.2) is 18.2 Å². The van der Waals surface area contributed by atoms with Gasteiger partial charge in [-0.15, -0.1) is 0 Å². The molecule has 112 valence electrons. The highest BCUT2D eigenvalue weighted by atomic mass is 16.5. The number of ether oxygens (including phenoxy) is 1. The predicted octanol–water partition coefficient (Wildman–Crippen LogP) is 1.64. The number of aryl methyl sites for hydroxylation is 1. The zero-order valence-electron chi connectivity index (χ0n) is 12.2. The maximum atomic E-state index is 12.1. The number of hydrogen-bond donors (Lipinski definition) is 1. The molecule has 0 aliphatic carbocycles. The monoisotopic (exact) mass is 288 g/mol. The molecule has 1 saturated heterocycles. The zero-order chi connectivity index (χ0) is 14.8. The molecule has 3 rings (SSSR count). The number of amides is 1. The van der Waals surface area contributed by atoms with Crippen molar-refractivity contribution >= 4 is 22.9 Å². The van der Waals surface area contributed by atoms with E-state index >= 15 is 0 Å². The van der Waals surface area contributed by atoms with Crippen LogP contribution < -0.4 is 10.5 Å². The average molecular weight is 288 g/mol. The first-order valence-corrected chi connectivity index (χ1v) is 7.27. The SMILES string of the molecule is COc1cccc2c1nc(N)n2CCC(=O)N1CCCC1. The van der Waals surface area contributed by atoms with Crippen LogP contribution in [0, 0.1) is 0 Å². The molecule has 0 atom stereocenters. The number of imidazole rings is 1. The van der Waals surface area contributed by atoms with Crippen LogP contribution in [-0.2, 0) is 11.3 Å². The third kappa shape index (κ3) is 2.53. The number of nitrogens with zero attached hydrogens (tertiary/aromatic N) is 3. The number of nitrogen functional groups attached to an aromatic ring is 1. The molecule has 1 aliphatic heterocycles. The lowest BCUT2D eigenvalue weighted by atomic mass is 10.3. The molecular formula is C15H20N4O2. The minimum Gasteiger partial charge on any atom is -0.494 e. The number of benzene rings is 1. The van der Waals surface area contributed by atoms with E-state index in [4.69, 9.17) is 10.5 Å². The van der Waals surface area contributed by atoms with Gasteiger partial charge >= 0.3 is 0 Å². The van der Waals surface area contributed by atoms with Crippen LogP contribution in [0.25, 0.3) is 11.0 Å². The molecule has 2 N–H and O–H groups in total. The van der Waals surface area contributed by atoms with Gasteiger partial charge in [-0.25, -0.2) is 4.98 Å². The van der Waals surface area contributed by atoms with Gasteiger partial charge in [-0.2, -0.15) is 0 Å². The largest absolute Gasteiger partial charge is 0.494 e. The Balaban J connectivity index is 1.80. The lowest BCUT2D eigenvalue weighted by molar-refractivity contribution is -0.130. The van der Waals surface area contributed by atoms with Crippen LogP contribution in [0.4, 0.5) is 5.95 Å². The number of anilines is 1. The molecule has 1 amide bonds. The number of para-hydroxylation sites is 1. The Morgan fingerprint density at radius 3 is 2.86 bits per heavy atom. The topological polar surface area (TPSA) is 73.4 Å². The summed E-state index contributed by atoms with van der Waals surface area (Å²) in [5.41, 5.74) is 7.63. The molecule has 0 spiro atoms. The Morgan fingerprint density at radius 1 is 1.38 bits per heavy atom. The van der Waals surface area contributed by atoms with Gasteiger partial charge in [0.2, 0.25) is 11.9 Å². The summed E-state index contributed by atoms with van der Waals surface area (Å²) < 4.78 is 7.18. The molecule has 0 saturated carbocycles. The van der Waals surface area contributed by atoms with Crippen LogP contribution in [0.3, 0.4) is 0 Å². The Morgan fingerprint density at radius 2 is 2.14 bits per heavy atom. The number of methoxy groups -OCH3 is 1. The number of aromatic nitrogens is 2. The first kappa shape index (κ1) is 13.7. The summed E-state index contributed by atoms with van der Waals surface area (Å²) in [6, 6.07) is 5.71. The van der Waals surface area contributed by atoms with Crippen molar-refractivity contribution in [2.45, 2.75) is 25.8 Å². The zero-order valence-corrected chi connectivity index (χ0v) is 12.2. The predicted molar refractivity (Wildman–Crippen MR) is 81.1 cm³/mol. The fourth-order valence-corrected chi connectivity index (χ4v) is 2.87. The Labute approximate surface area is 123 Å². The highest BCUT2D eigenvalue weighted by Crippen LogP contribution is 2.27. The number of nitrogens with two attached hydrogens (primary N) is 1. The number of fused-ring (bicyclic) bond motifs is 1. The first-order chi connectivity index (χ1) is 10.2. The first-order valence-electron chi connectivity index (χ1n) is 7.27. The van der Waals surface area contributed by atoms with Gasteiger partial charge in [-0.1, -0.05) is 6.07 Å². The number of likely N-dealkylation sites (tertiary alicyclic amines) is 1. The Bertz CT molecular complexity index is 659. The third-order valence-electron chi connectivity index (χ3n) is 4.00. The van der Waals surface area contributed by atoms with E-state index in [2.05, 4.69) is 4.98 Å². The molecule has 6 nitrogen and oxygen atoms in total. The quantitative estimate of drug-likeness (QED) is 0.928.